The summed E-state index contributed by atoms with van der Waals surface area (Å²) in [6, 6.07) is 0.219. The van der Waals surface area contributed by atoms with E-state index in [1.807, 2.05) is 13.8 Å². The number of esters is 1. The molecule has 0 amide bonds. The highest BCUT2D eigenvalue weighted by atomic mass is 32.2. The third kappa shape index (κ3) is 3.42. The van der Waals surface area contributed by atoms with Crippen LogP contribution in [-0.2, 0) is 14.8 Å². The molecule has 0 aromatic carbocycles. The minimum Gasteiger partial charge on any atom is -0.464 e. The fourth-order valence-electron chi connectivity index (χ4n) is 2.44. The van der Waals surface area contributed by atoms with Crippen LogP contribution in [0.5, 0.6) is 0 Å². The lowest BCUT2D eigenvalue weighted by Crippen LogP contribution is -2.53. The minimum atomic E-state index is -3.84. The van der Waals surface area contributed by atoms with E-state index in [2.05, 4.69) is 14.6 Å². The van der Waals surface area contributed by atoms with Gasteiger partial charge in [-0.25, -0.2) is 23.2 Å². The molecule has 2 heterocycles. The van der Waals surface area contributed by atoms with E-state index >= 15 is 0 Å². The van der Waals surface area contributed by atoms with Crippen molar-refractivity contribution in [2.75, 3.05) is 7.11 Å². The number of nitrogens with one attached hydrogen (secondary N) is 1. The second-order valence-electron chi connectivity index (χ2n) is 5.11. The number of rotatable bonds is 4. The smallest absolute Gasteiger partial charge is 0.358 e. The maximum atomic E-state index is 12.5. The molecule has 1 saturated heterocycles. The Hall–Kier alpha value is -1.03. The molecule has 0 radical (unpaired) electrons. The van der Waals surface area contributed by atoms with Crippen LogP contribution in [0, 0.1) is 0 Å². The Kier molecular flexibility index (Phi) is 4.97. The van der Waals surface area contributed by atoms with Crippen LogP contribution in [0.3, 0.4) is 0 Å². The van der Waals surface area contributed by atoms with Crippen LogP contribution in [0.4, 0.5) is 0 Å². The van der Waals surface area contributed by atoms with Crippen molar-refractivity contribution in [3.05, 3.63) is 11.2 Å². The Bertz CT molecular complexity index is 604. The maximum Gasteiger partial charge on any atom is 0.358 e. The molecule has 1 aromatic heterocycles. The standard InChI is InChI=1S/C12H19N3O4S2/c1-8-5-4-6-9(2)15(8)14-21(17,18)12-10(11(16)19-3)13-7-20-12/h7-9,14H,4-6H2,1-3H3. The fourth-order valence-corrected chi connectivity index (χ4v) is 4.80. The molecule has 118 valence electrons. The topological polar surface area (TPSA) is 88.6 Å². The van der Waals surface area contributed by atoms with Gasteiger partial charge < -0.3 is 4.74 Å². The highest BCUT2D eigenvalue weighted by Gasteiger charge is 2.32. The van der Waals surface area contributed by atoms with Gasteiger partial charge in [-0.05, 0) is 26.7 Å². The van der Waals surface area contributed by atoms with E-state index in [4.69, 9.17) is 0 Å². The fraction of sp³-hybridized carbons (Fsp3) is 0.667. The molecule has 1 aromatic rings. The number of nitrogens with zero attached hydrogens (tertiary/aromatic N) is 2. The van der Waals surface area contributed by atoms with Gasteiger partial charge in [0.1, 0.15) is 0 Å². The summed E-state index contributed by atoms with van der Waals surface area (Å²) in [4.78, 5) is 18.0. The van der Waals surface area contributed by atoms with Gasteiger partial charge in [-0.2, -0.15) is 0 Å². The van der Waals surface area contributed by atoms with Crippen molar-refractivity contribution < 1.29 is 17.9 Å². The van der Waals surface area contributed by atoms with Gasteiger partial charge in [-0.1, -0.05) is 6.42 Å². The van der Waals surface area contributed by atoms with Crippen molar-refractivity contribution in [1.82, 2.24) is 14.8 Å². The Morgan fingerprint density at radius 1 is 1.43 bits per heavy atom. The first-order valence-corrected chi connectivity index (χ1v) is 9.05. The van der Waals surface area contributed by atoms with E-state index in [-0.39, 0.29) is 22.0 Å². The molecule has 2 unspecified atom stereocenters. The lowest BCUT2D eigenvalue weighted by molar-refractivity contribution is 0.0590. The molecule has 2 rings (SSSR count). The van der Waals surface area contributed by atoms with Crippen molar-refractivity contribution in [1.29, 1.82) is 0 Å². The minimum absolute atomic E-state index is 0.109. The van der Waals surface area contributed by atoms with Gasteiger partial charge in [0, 0.05) is 12.1 Å². The summed E-state index contributed by atoms with van der Waals surface area (Å²) in [6.45, 7) is 3.96. The van der Waals surface area contributed by atoms with Gasteiger partial charge in [-0.3, -0.25) is 0 Å². The molecule has 0 saturated carbocycles. The van der Waals surface area contributed by atoms with E-state index in [0.29, 0.717) is 0 Å². The quantitative estimate of drug-likeness (QED) is 0.838. The van der Waals surface area contributed by atoms with Crippen molar-refractivity contribution in [3.8, 4) is 0 Å². The van der Waals surface area contributed by atoms with Crippen molar-refractivity contribution in [2.24, 2.45) is 0 Å². The number of aromatic nitrogens is 1. The number of sulfonamides is 1. The van der Waals surface area contributed by atoms with Crippen LogP contribution in [-0.4, -0.2) is 43.6 Å². The number of ether oxygens (including phenoxy) is 1. The van der Waals surface area contributed by atoms with Crippen LogP contribution in [0.15, 0.2) is 9.72 Å². The van der Waals surface area contributed by atoms with Crippen LogP contribution in [0.2, 0.25) is 0 Å². The maximum absolute atomic E-state index is 12.5. The molecule has 9 heteroatoms. The van der Waals surface area contributed by atoms with E-state index in [0.717, 1.165) is 30.6 Å². The Balaban J connectivity index is 2.26. The summed E-state index contributed by atoms with van der Waals surface area (Å²) in [5.41, 5.74) is 1.15. The summed E-state index contributed by atoms with van der Waals surface area (Å²) >= 11 is 0.902. The molecule has 7 nitrogen and oxygen atoms in total. The molecule has 1 aliphatic rings. The predicted molar refractivity (Wildman–Crippen MR) is 78.4 cm³/mol. The molecule has 2 atom stereocenters. The first-order valence-electron chi connectivity index (χ1n) is 6.69. The second-order valence-corrected chi connectivity index (χ2v) is 7.82. The molecule has 1 fully saturated rings. The molecular weight excluding hydrogens is 314 g/mol. The van der Waals surface area contributed by atoms with Crippen molar-refractivity contribution in [2.45, 2.75) is 49.4 Å². The molecule has 0 bridgehead atoms. The van der Waals surface area contributed by atoms with Crippen LogP contribution in [0.1, 0.15) is 43.6 Å². The van der Waals surface area contributed by atoms with Gasteiger partial charge in [0.25, 0.3) is 10.0 Å². The lowest BCUT2D eigenvalue weighted by Gasteiger charge is -2.38. The van der Waals surface area contributed by atoms with Gasteiger partial charge in [0.05, 0.1) is 12.6 Å². The van der Waals surface area contributed by atoms with Crippen LogP contribution >= 0.6 is 11.3 Å². The Labute approximate surface area is 128 Å². The summed E-state index contributed by atoms with van der Waals surface area (Å²) in [5.74, 6) is -0.753. The number of methoxy groups -OCH3 is 1. The number of thiazole rings is 1. The second kappa shape index (κ2) is 6.39. The molecule has 1 N–H and O–H groups in total. The van der Waals surface area contributed by atoms with Crippen molar-refractivity contribution in [3.63, 3.8) is 0 Å². The molecule has 21 heavy (non-hydrogen) atoms. The first kappa shape index (κ1) is 16.3. The number of hydrazine groups is 1. The third-order valence-electron chi connectivity index (χ3n) is 3.58. The van der Waals surface area contributed by atoms with E-state index in [1.165, 1.54) is 12.6 Å². The van der Waals surface area contributed by atoms with Gasteiger partial charge >= 0.3 is 5.97 Å². The van der Waals surface area contributed by atoms with Gasteiger partial charge in [-0.15, -0.1) is 16.2 Å². The highest BCUT2D eigenvalue weighted by molar-refractivity contribution is 7.91. The number of piperidine rings is 1. The molecule has 0 spiro atoms. The molecule has 1 aliphatic heterocycles. The predicted octanol–water partition coefficient (Wildman–Crippen LogP) is 1.39. The normalized spacial score (nSPS) is 24.0. The van der Waals surface area contributed by atoms with Crippen molar-refractivity contribution >= 4 is 27.3 Å². The first-order chi connectivity index (χ1) is 9.86. The van der Waals surface area contributed by atoms with Gasteiger partial charge in [0.15, 0.2) is 9.90 Å². The highest BCUT2D eigenvalue weighted by Crippen LogP contribution is 2.25. The zero-order valence-corrected chi connectivity index (χ0v) is 13.8. The molecule has 0 aliphatic carbocycles. The summed E-state index contributed by atoms with van der Waals surface area (Å²) in [6.07, 6.45) is 2.94. The number of hydrogen-bond donors (Lipinski definition) is 1. The summed E-state index contributed by atoms with van der Waals surface area (Å²) in [5, 5.41) is 1.74. The Morgan fingerprint density at radius 2 is 2.05 bits per heavy atom. The lowest BCUT2D eigenvalue weighted by atomic mass is 10.0. The Morgan fingerprint density at radius 3 is 2.62 bits per heavy atom. The average molecular weight is 333 g/mol. The SMILES string of the molecule is COC(=O)c1ncsc1S(=O)(=O)NN1C(C)CCCC1C. The molecular formula is C12H19N3O4S2. The van der Waals surface area contributed by atoms with E-state index in [9.17, 15) is 13.2 Å². The zero-order chi connectivity index (χ0) is 15.6. The zero-order valence-electron chi connectivity index (χ0n) is 12.2. The summed E-state index contributed by atoms with van der Waals surface area (Å²) < 4.78 is 29.5. The van der Waals surface area contributed by atoms with Gasteiger partial charge in [0.2, 0.25) is 0 Å². The van der Waals surface area contributed by atoms with E-state index in [1.54, 1.807) is 5.01 Å². The monoisotopic (exact) mass is 333 g/mol. The van der Waals surface area contributed by atoms with Crippen LogP contribution < -0.4 is 4.83 Å². The third-order valence-corrected chi connectivity index (χ3v) is 6.27. The number of carbonyl (C=O) groups is 1. The largest absolute Gasteiger partial charge is 0.464 e. The summed E-state index contributed by atoms with van der Waals surface area (Å²) in [7, 11) is -2.64. The number of hydrogen-bond acceptors (Lipinski definition) is 7. The van der Waals surface area contributed by atoms with Crippen LogP contribution in [0.25, 0.3) is 0 Å². The average Bonchev–Trinajstić information content (AvgIpc) is 2.92. The van der Waals surface area contributed by atoms with E-state index < -0.39 is 16.0 Å². The number of carbonyl (C=O) groups excluding carboxylic acids is 1.